The second-order valence-electron chi connectivity index (χ2n) is 1.76. The minimum atomic E-state index is -3.13. The Balaban J connectivity index is 0.000000261. The summed E-state index contributed by atoms with van der Waals surface area (Å²) in [6, 6.07) is 11.2. The molecule has 2 N–H and O–H groups in total. The molecule has 0 spiro atoms. The summed E-state index contributed by atoms with van der Waals surface area (Å²) in [7, 11) is -3.13. The minimum Gasteiger partial charge on any atom is -0.326 e. The summed E-state index contributed by atoms with van der Waals surface area (Å²) in [5.41, 5.74) is 0.715. The molecule has 1 rings (SSSR count). The van der Waals surface area contributed by atoms with Gasteiger partial charge >= 0.3 is 8.25 Å². The fraction of sp³-hybridized carbons (Fsp3) is 0. The monoisotopic (exact) mass is 185 g/mol. The van der Waals surface area contributed by atoms with Crippen LogP contribution in [0.2, 0.25) is 0 Å². The number of hydrogen-bond acceptors (Lipinski definition) is 2. The number of hydrogen-bond donors (Lipinski definition) is 2. The molecule has 0 radical (unpaired) electrons. The second-order valence-corrected chi connectivity index (χ2v) is 2.33. The normalized spacial score (nSPS) is 8.17. The van der Waals surface area contributed by atoms with E-state index in [1.54, 1.807) is 12.1 Å². The second kappa shape index (κ2) is 6.56. The van der Waals surface area contributed by atoms with Crippen LogP contribution in [-0.4, -0.2) is 9.79 Å². The molecule has 0 saturated carbocycles. The Morgan fingerprint density at radius 2 is 1.67 bits per heavy atom. The van der Waals surface area contributed by atoms with Crippen molar-refractivity contribution < 1.29 is 14.4 Å². The van der Waals surface area contributed by atoms with E-state index in [1.165, 1.54) is 0 Å². The largest absolute Gasteiger partial charge is 0.326 e. The Morgan fingerprint density at radius 1 is 1.25 bits per heavy atom. The van der Waals surface area contributed by atoms with Crippen molar-refractivity contribution in [1.82, 2.24) is 0 Å². The molecule has 0 aromatic heterocycles. The van der Waals surface area contributed by atoms with E-state index in [9.17, 15) is 0 Å². The molecule has 0 saturated heterocycles. The van der Waals surface area contributed by atoms with Crippen molar-refractivity contribution in [2.24, 2.45) is 0 Å². The summed E-state index contributed by atoms with van der Waals surface area (Å²) in [4.78, 5) is 14.3. The highest BCUT2D eigenvalue weighted by molar-refractivity contribution is 7.30. The lowest BCUT2D eigenvalue weighted by atomic mass is 10.2. The van der Waals surface area contributed by atoms with Crippen molar-refractivity contribution in [2.75, 3.05) is 0 Å². The molecule has 1 aromatic rings. The van der Waals surface area contributed by atoms with E-state index in [0.717, 1.165) is 0 Å². The molecule has 0 fully saturated rings. The van der Waals surface area contributed by atoms with Crippen LogP contribution in [0.4, 0.5) is 0 Å². The summed E-state index contributed by atoms with van der Waals surface area (Å²) >= 11 is 0. The van der Waals surface area contributed by atoms with Gasteiger partial charge in [0.15, 0.2) is 0 Å². The van der Waals surface area contributed by atoms with E-state index in [4.69, 9.17) is 19.6 Å². The van der Waals surface area contributed by atoms with Crippen molar-refractivity contribution >= 4 is 8.25 Å². The Morgan fingerprint density at radius 3 is 1.92 bits per heavy atom. The van der Waals surface area contributed by atoms with Crippen molar-refractivity contribution in [3.8, 4) is 6.07 Å². The Bertz CT molecular complexity index is 276. The van der Waals surface area contributed by atoms with Gasteiger partial charge in [-0.05, 0) is 12.1 Å². The Labute approximate surface area is 70.7 Å². The van der Waals surface area contributed by atoms with E-state index < -0.39 is 8.25 Å². The van der Waals surface area contributed by atoms with Crippen LogP contribution >= 0.6 is 8.25 Å². The molecule has 0 atom stereocenters. The maximum atomic E-state index is 8.74. The van der Waals surface area contributed by atoms with E-state index >= 15 is 0 Å². The molecule has 1 aromatic carbocycles. The average Bonchev–Trinajstić information content (AvgIpc) is 2.05. The Hall–Kier alpha value is -1.14. The molecule has 64 valence electrons. The van der Waals surface area contributed by atoms with Gasteiger partial charge in [-0.2, -0.15) is 5.26 Å². The zero-order valence-corrected chi connectivity index (χ0v) is 7.14. The third-order valence-corrected chi connectivity index (χ3v) is 0.903. The summed E-state index contributed by atoms with van der Waals surface area (Å²) in [6.07, 6.45) is 0. The quantitative estimate of drug-likeness (QED) is 0.589. The smallest absolute Gasteiger partial charge is 0.314 e. The van der Waals surface area contributed by atoms with Crippen LogP contribution in [0.25, 0.3) is 0 Å². The van der Waals surface area contributed by atoms with Gasteiger partial charge in [0, 0.05) is 0 Å². The van der Waals surface area contributed by atoms with Gasteiger partial charge in [-0.3, -0.25) is 4.57 Å². The molecule has 4 nitrogen and oxygen atoms in total. The maximum Gasteiger partial charge on any atom is 0.314 e. The molecule has 0 heterocycles. The zero-order valence-electron chi connectivity index (χ0n) is 6.14. The van der Waals surface area contributed by atoms with Gasteiger partial charge in [0.2, 0.25) is 0 Å². The zero-order chi connectivity index (χ0) is 9.40. The molecule has 0 amide bonds. The number of nitrogens with zero attached hydrogens (tertiary/aromatic N) is 1. The Kier molecular flexibility index (Phi) is 5.94. The first-order valence-corrected chi connectivity index (χ1v) is 4.34. The van der Waals surface area contributed by atoms with Gasteiger partial charge in [-0.15, -0.1) is 0 Å². The van der Waals surface area contributed by atoms with Crippen LogP contribution in [0.1, 0.15) is 5.56 Å². The van der Waals surface area contributed by atoms with Crippen molar-refractivity contribution in [1.29, 1.82) is 5.26 Å². The number of nitriles is 1. The molecule has 0 unspecified atom stereocenters. The molecule has 0 aliphatic heterocycles. The van der Waals surface area contributed by atoms with Crippen LogP contribution in [0.5, 0.6) is 0 Å². The highest BCUT2D eigenvalue weighted by Crippen LogP contribution is 1.98. The molecule has 5 heteroatoms. The highest BCUT2D eigenvalue weighted by atomic mass is 31.1. The molecular formula is C7H8NO3P. The van der Waals surface area contributed by atoms with Crippen LogP contribution in [0.3, 0.4) is 0 Å². The van der Waals surface area contributed by atoms with Gasteiger partial charge in [0.1, 0.15) is 0 Å². The van der Waals surface area contributed by atoms with Crippen LogP contribution in [0.15, 0.2) is 30.3 Å². The molecule has 0 aliphatic carbocycles. The fourth-order valence-corrected chi connectivity index (χ4v) is 0.513. The van der Waals surface area contributed by atoms with Crippen molar-refractivity contribution in [3.05, 3.63) is 35.9 Å². The van der Waals surface area contributed by atoms with Crippen LogP contribution in [0, 0.1) is 11.3 Å². The average molecular weight is 185 g/mol. The van der Waals surface area contributed by atoms with Gasteiger partial charge in [-0.25, -0.2) is 0 Å². The summed E-state index contributed by atoms with van der Waals surface area (Å²) in [6.45, 7) is 0. The SMILES string of the molecule is N#Cc1ccccc1.O=[PH](O)O. The lowest BCUT2D eigenvalue weighted by Gasteiger charge is -1.80. The molecule has 0 bridgehead atoms. The van der Waals surface area contributed by atoms with Gasteiger partial charge in [-0.1, -0.05) is 18.2 Å². The van der Waals surface area contributed by atoms with Crippen LogP contribution < -0.4 is 0 Å². The lowest BCUT2D eigenvalue weighted by molar-refractivity contribution is 0.405. The van der Waals surface area contributed by atoms with E-state index in [2.05, 4.69) is 0 Å². The van der Waals surface area contributed by atoms with Crippen LogP contribution in [-0.2, 0) is 4.57 Å². The maximum absolute atomic E-state index is 8.74. The number of benzene rings is 1. The molecule has 0 aliphatic rings. The predicted molar refractivity (Wildman–Crippen MR) is 44.6 cm³/mol. The van der Waals surface area contributed by atoms with Gasteiger partial charge < -0.3 is 9.79 Å². The minimum absolute atomic E-state index is 0.715. The lowest BCUT2D eigenvalue weighted by Crippen LogP contribution is -1.66. The first kappa shape index (κ1) is 10.9. The summed E-state index contributed by atoms with van der Waals surface area (Å²) < 4.78 is 8.74. The molecular weight excluding hydrogens is 177 g/mol. The first-order valence-electron chi connectivity index (χ1n) is 3.04. The van der Waals surface area contributed by atoms with E-state index in [0.29, 0.717) is 5.56 Å². The highest BCUT2D eigenvalue weighted by Gasteiger charge is 1.79. The van der Waals surface area contributed by atoms with E-state index in [-0.39, 0.29) is 0 Å². The topological polar surface area (TPSA) is 81.3 Å². The van der Waals surface area contributed by atoms with Crippen molar-refractivity contribution in [2.45, 2.75) is 0 Å². The van der Waals surface area contributed by atoms with Crippen molar-refractivity contribution in [3.63, 3.8) is 0 Å². The number of rotatable bonds is 0. The standard InChI is InChI=1S/C7H5N.H3O3P/c8-6-7-4-2-1-3-5-7;1-4(2)3/h1-5H;4H,(H2,1,2,3). The third-order valence-electron chi connectivity index (χ3n) is 0.903. The van der Waals surface area contributed by atoms with Gasteiger partial charge in [0.25, 0.3) is 0 Å². The molecule has 12 heavy (non-hydrogen) atoms. The summed E-state index contributed by atoms with van der Waals surface area (Å²) in [5.74, 6) is 0. The first-order chi connectivity index (χ1) is 5.66. The van der Waals surface area contributed by atoms with Gasteiger partial charge in [0.05, 0.1) is 11.6 Å². The third kappa shape index (κ3) is 6.97. The predicted octanol–water partition coefficient (Wildman–Crippen LogP) is 0.919. The fourth-order valence-electron chi connectivity index (χ4n) is 0.513. The van der Waals surface area contributed by atoms with E-state index in [1.807, 2.05) is 24.3 Å². The summed E-state index contributed by atoms with van der Waals surface area (Å²) in [5, 5.41) is 8.29.